The summed E-state index contributed by atoms with van der Waals surface area (Å²) in [6.07, 6.45) is -2.79. The second kappa shape index (κ2) is 9.91. The minimum Gasteiger partial charge on any atom is -0.465 e. The van der Waals surface area contributed by atoms with Gasteiger partial charge < -0.3 is 9.47 Å². The predicted molar refractivity (Wildman–Crippen MR) is 80.1 cm³/mol. The van der Waals surface area contributed by atoms with Crippen molar-refractivity contribution in [2.24, 2.45) is 5.41 Å². The zero-order chi connectivity index (χ0) is 19.7. The topological polar surface area (TPSA) is 52.6 Å². The molecule has 0 N–H and O–H groups in total. The molecule has 0 saturated heterocycles. The fourth-order valence-electron chi connectivity index (χ4n) is 2.12. The first-order valence-electron chi connectivity index (χ1n) is 8.27. The molecule has 0 aliphatic carbocycles. The number of rotatable bonds is 11. The molecule has 0 unspecified atom stereocenters. The molecule has 0 fully saturated rings. The van der Waals surface area contributed by atoms with Crippen molar-refractivity contribution in [1.29, 1.82) is 0 Å². The van der Waals surface area contributed by atoms with Crippen LogP contribution >= 0.6 is 0 Å². The molecule has 0 amide bonds. The molecule has 0 spiro atoms. The molecule has 0 atom stereocenters. The van der Waals surface area contributed by atoms with E-state index in [4.69, 9.17) is 4.74 Å². The van der Waals surface area contributed by atoms with Crippen LogP contribution in [0, 0.1) is 5.41 Å². The van der Waals surface area contributed by atoms with Crippen molar-refractivity contribution in [2.45, 2.75) is 71.4 Å². The van der Waals surface area contributed by atoms with Crippen LogP contribution in [0.1, 0.15) is 59.3 Å². The molecular formula is C16H25F5O4. The fraction of sp³-hybridized carbons (Fsp3) is 0.875. The van der Waals surface area contributed by atoms with E-state index in [0.717, 1.165) is 19.3 Å². The van der Waals surface area contributed by atoms with Crippen LogP contribution < -0.4 is 0 Å². The molecule has 4 nitrogen and oxygen atoms in total. The van der Waals surface area contributed by atoms with Crippen molar-refractivity contribution in [1.82, 2.24) is 0 Å². The van der Waals surface area contributed by atoms with Crippen molar-refractivity contribution in [3.05, 3.63) is 0 Å². The van der Waals surface area contributed by atoms with Crippen molar-refractivity contribution >= 4 is 11.9 Å². The molecule has 0 aliphatic rings. The van der Waals surface area contributed by atoms with Gasteiger partial charge in [0.05, 0.1) is 6.61 Å². The monoisotopic (exact) mass is 376 g/mol. The molecule has 0 rings (SSSR count). The molecule has 0 bridgehead atoms. The minimum atomic E-state index is -5.84. The van der Waals surface area contributed by atoms with Crippen LogP contribution in [0.15, 0.2) is 0 Å². The first-order valence-corrected chi connectivity index (χ1v) is 8.27. The van der Waals surface area contributed by atoms with Gasteiger partial charge >= 0.3 is 24.0 Å². The van der Waals surface area contributed by atoms with Crippen molar-refractivity contribution in [2.75, 3.05) is 13.2 Å². The smallest absolute Gasteiger partial charge is 0.456 e. The fourth-order valence-corrected chi connectivity index (χ4v) is 2.12. The maximum Gasteiger partial charge on any atom is 0.456 e. The van der Waals surface area contributed by atoms with E-state index in [0.29, 0.717) is 6.42 Å². The maximum atomic E-state index is 12.9. The number of alkyl halides is 5. The van der Waals surface area contributed by atoms with Crippen LogP contribution in [-0.2, 0) is 19.1 Å². The number of carbonyl (C=O) groups excluding carboxylic acids is 2. The highest BCUT2D eigenvalue weighted by Crippen LogP contribution is 2.37. The van der Waals surface area contributed by atoms with Crippen LogP contribution in [0.4, 0.5) is 22.0 Å². The highest BCUT2D eigenvalue weighted by Gasteiger charge is 2.59. The number of carbonyl (C=O) groups is 2. The van der Waals surface area contributed by atoms with Gasteiger partial charge in [-0.05, 0) is 19.3 Å². The number of hydrogen-bond donors (Lipinski definition) is 0. The van der Waals surface area contributed by atoms with Crippen molar-refractivity contribution in [3.8, 4) is 0 Å². The van der Waals surface area contributed by atoms with Gasteiger partial charge in [-0.2, -0.15) is 22.0 Å². The third kappa shape index (κ3) is 6.43. The SMILES string of the molecule is CCCCCCOC(=O)C(CC)(CC)C(=O)OCC(F)(F)C(F)(F)F. The Labute approximate surface area is 144 Å². The zero-order valence-corrected chi connectivity index (χ0v) is 14.7. The van der Waals surface area contributed by atoms with Crippen LogP contribution in [0.2, 0.25) is 0 Å². The Hall–Kier alpha value is -1.41. The number of hydrogen-bond acceptors (Lipinski definition) is 4. The summed E-state index contributed by atoms with van der Waals surface area (Å²) >= 11 is 0. The molecule has 9 heteroatoms. The second-order valence-electron chi connectivity index (χ2n) is 5.76. The Morgan fingerprint density at radius 1 is 0.800 bits per heavy atom. The highest BCUT2D eigenvalue weighted by molar-refractivity contribution is 6.00. The lowest BCUT2D eigenvalue weighted by molar-refractivity contribution is -0.295. The van der Waals surface area contributed by atoms with E-state index in [1.807, 2.05) is 6.92 Å². The number of unbranched alkanes of at least 4 members (excludes halogenated alkanes) is 3. The van der Waals surface area contributed by atoms with E-state index in [1.54, 1.807) is 0 Å². The van der Waals surface area contributed by atoms with E-state index >= 15 is 0 Å². The zero-order valence-electron chi connectivity index (χ0n) is 14.7. The van der Waals surface area contributed by atoms with E-state index in [2.05, 4.69) is 4.74 Å². The normalized spacial score (nSPS) is 12.8. The lowest BCUT2D eigenvalue weighted by atomic mass is 9.82. The van der Waals surface area contributed by atoms with Crippen LogP contribution in [-0.4, -0.2) is 37.3 Å². The molecule has 0 aromatic carbocycles. The highest BCUT2D eigenvalue weighted by atomic mass is 19.4. The van der Waals surface area contributed by atoms with Crippen LogP contribution in [0.25, 0.3) is 0 Å². The number of esters is 2. The van der Waals surface area contributed by atoms with Gasteiger partial charge in [0.25, 0.3) is 0 Å². The number of halogens is 5. The van der Waals surface area contributed by atoms with E-state index in [9.17, 15) is 31.5 Å². The van der Waals surface area contributed by atoms with Gasteiger partial charge in [0, 0.05) is 0 Å². The molecule has 25 heavy (non-hydrogen) atoms. The molecule has 0 radical (unpaired) electrons. The number of ether oxygens (including phenoxy) is 2. The minimum absolute atomic E-state index is 0.0482. The quantitative estimate of drug-likeness (QED) is 0.228. The molecule has 0 heterocycles. The summed E-state index contributed by atoms with van der Waals surface area (Å²) in [5.41, 5.74) is -1.88. The van der Waals surface area contributed by atoms with Crippen LogP contribution in [0.5, 0.6) is 0 Å². The third-order valence-electron chi connectivity index (χ3n) is 4.02. The van der Waals surface area contributed by atoms with Gasteiger partial charge in [0.1, 0.15) is 0 Å². The summed E-state index contributed by atoms with van der Waals surface area (Å²) in [7, 11) is 0. The van der Waals surface area contributed by atoms with Gasteiger partial charge in [-0.15, -0.1) is 0 Å². The largest absolute Gasteiger partial charge is 0.465 e. The van der Waals surface area contributed by atoms with Crippen LogP contribution in [0.3, 0.4) is 0 Å². The summed E-state index contributed by atoms with van der Waals surface area (Å²) < 4.78 is 71.3. The third-order valence-corrected chi connectivity index (χ3v) is 4.02. The Balaban J connectivity index is 4.88. The molecule has 0 saturated carbocycles. The van der Waals surface area contributed by atoms with Gasteiger partial charge in [-0.1, -0.05) is 40.0 Å². The van der Waals surface area contributed by atoms with E-state index in [-0.39, 0.29) is 19.4 Å². The second-order valence-corrected chi connectivity index (χ2v) is 5.76. The average molecular weight is 376 g/mol. The molecule has 0 aromatic heterocycles. The van der Waals surface area contributed by atoms with Crippen molar-refractivity contribution in [3.63, 3.8) is 0 Å². The molecular weight excluding hydrogens is 351 g/mol. The lowest BCUT2D eigenvalue weighted by Gasteiger charge is -2.28. The Bertz CT molecular complexity index is 431. The van der Waals surface area contributed by atoms with Crippen molar-refractivity contribution < 1.29 is 41.0 Å². The van der Waals surface area contributed by atoms with E-state index in [1.165, 1.54) is 13.8 Å². The van der Waals surface area contributed by atoms with E-state index < -0.39 is 36.1 Å². The molecule has 0 aliphatic heterocycles. The summed E-state index contributed by atoms with van der Waals surface area (Å²) in [6.45, 7) is 2.75. The maximum absolute atomic E-state index is 12.9. The first kappa shape index (κ1) is 23.6. The first-order chi connectivity index (χ1) is 11.5. The standard InChI is InChI=1S/C16H25F5O4/c1-4-7-8-9-10-24-12(22)14(5-2,6-3)13(23)25-11-15(17,18)16(19,20)21/h4-11H2,1-3H3. The summed E-state index contributed by atoms with van der Waals surface area (Å²) in [5.74, 6) is -7.57. The van der Waals surface area contributed by atoms with Gasteiger partial charge in [0.2, 0.25) is 0 Å². The Morgan fingerprint density at radius 2 is 1.32 bits per heavy atom. The predicted octanol–water partition coefficient (Wildman–Crippen LogP) is 4.66. The molecule has 148 valence electrons. The average Bonchev–Trinajstić information content (AvgIpc) is 2.53. The summed E-state index contributed by atoms with van der Waals surface area (Å²) in [5, 5.41) is 0. The Morgan fingerprint density at radius 3 is 1.76 bits per heavy atom. The van der Waals surface area contributed by atoms with Gasteiger partial charge in [-0.3, -0.25) is 9.59 Å². The Kier molecular flexibility index (Phi) is 9.35. The van der Waals surface area contributed by atoms with Gasteiger partial charge in [-0.25, -0.2) is 0 Å². The lowest BCUT2D eigenvalue weighted by Crippen LogP contribution is -2.46. The summed E-state index contributed by atoms with van der Waals surface area (Å²) in [6, 6.07) is 0. The summed E-state index contributed by atoms with van der Waals surface area (Å²) in [4.78, 5) is 24.2. The van der Waals surface area contributed by atoms with Gasteiger partial charge in [0.15, 0.2) is 12.0 Å². The molecule has 0 aromatic rings.